The van der Waals surface area contributed by atoms with Crippen LogP contribution in [0.5, 0.6) is 5.75 Å². The Morgan fingerprint density at radius 2 is 1.96 bits per heavy atom. The van der Waals surface area contributed by atoms with E-state index in [9.17, 15) is 14.4 Å². The topological polar surface area (TPSA) is 87.7 Å². The quantitative estimate of drug-likeness (QED) is 0.617. The van der Waals surface area contributed by atoms with Crippen molar-refractivity contribution in [3.05, 3.63) is 59.1 Å². The molecule has 0 saturated carbocycles. The summed E-state index contributed by atoms with van der Waals surface area (Å²) in [6, 6.07) is 12.2. The zero-order valence-corrected chi connectivity index (χ0v) is 14.6. The van der Waals surface area contributed by atoms with Gasteiger partial charge in [0.2, 0.25) is 5.91 Å². The van der Waals surface area contributed by atoms with Crippen LogP contribution in [-0.4, -0.2) is 30.9 Å². The Kier molecular flexibility index (Phi) is 5.20. The molecule has 0 spiro atoms. The first-order valence-corrected chi connectivity index (χ1v) is 8.19. The summed E-state index contributed by atoms with van der Waals surface area (Å²) in [5.41, 5.74) is 5.82. The lowest BCUT2D eigenvalue weighted by molar-refractivity contribution is -0.121. The lowest BCUT2D eigenvalue weighted by atomic mass is 10.2. The lowest BCUT2D eigenvalue weighted by Crippen LogP contribution is -2.48. The minimum atomic E-state index is -0.850. The number of nitrogens with zero attached hydrogens (tertiary/aromatic N) is 1. The van der Waals surface area contributed by atoms with Gasteiger partial charge in [-0.3, -0.25) is 19.8 Å². The summed E-state index contributed by atoms with van der Waals surface area (Å²) in [7, 11) is 1.50. The summed E-state index contributed by atoms with van der Waals surface area (Å²) >= 11 is 5.85. The number of carbonyl (C=O) groups is 3. The number of ether oxygens (including phenoxy) is 1. The van der Waals surface area contributed by atoms with Gasteiger partial charge in [0, 0.05) is 16.7 Å². The molecule has 0 aliphatic carbocycles. The number of amides is 3. The lowest BCUT2D eigenvalue weighted by Gasteiger charge is -2.16. The second-order valence-corrected chi connectivity index (χ2v) is 6.07. The molecule has 2 aromatic carbocycles. The standard InChI is InChI=1S/C18H16ClN3O4/c1-26-14-7-3-6-13(9-14)22-16(23)10-15(18(22)25)20-21-17(24)11-4-2-5-12(19)8-11/h2-9,15,20H,10H2,1H3,(H,21,24). The molecule has 1 saturated heterocycles. The fraction of sp³-hybridized carbons (Fsp3) is 0.167. The second kappa shape index (κ2) is 7.55. The molecule has 7 nitrogen and oxygen atoms in total. The van der Waals surface area contributed by atoms with Crippen molar-refractivity contribution >= 4 is 35.0 Å². The van der Waals surface area contributed by atoms with Gasteiger partial charge >= 0.3 is 0 Å². The summed E-state index contributed by atoms with van der Waals surface area (Å²) in [4.78, 5) is 38.0. The predicted octanol–water partition coefficient (Wildman–Crippen LogP) is 1.92. The van der Waals surface area contributed by atoms with Crippen LogP contribution < -0.4 is 20.5 Å². The van der Waals surface area contributed by atoms with Gasteiger partial charge in [0.05, 0.1) is 19.2 Å². The number of rotatable bonds is 5. The SMILES string of the molecule is COc1cccc(N2C(=O)CC(NNC(=O)c3cccc(Cl)c3)C2=O)c1. The number of methoxy groups -OCH3 is 1. The van der Waals surface area contributed by atoms with Crippen LogP contribution in [0.3, 0.4) is 0 Å². The molecule has 0 radical (unpaired) electrons. The predicted molar refractivity (Wildman–Crippen MR) is 95.9 cm³/mol. The molecule has 3 amide bonds. The highest BCUT2D eigenvalue weighted by molar-refractivity contribution is 6.31. The number of hydrazine groups is 1. The molecular formula is C18H16ClN3O4. The first kappa shape index (κ1) is 17.9. The molecule has 3 rings (SSSR count). The summed E-state index contributed by atoms with van der Waals surface area (Å²) in [6.45, 7) is 0. The molecule has 2 aromatic rings. The van der Waals surface area contributed by atoms with Gasteiger partial charge in [-0.25, -0.2) is 10.3 Å². The molecule has 1 heterocycles. The first-order chi connectivity index (χ1) is 12.5. The average molecular weight is 374 g/mol. The Bertz CT molecular complexity index is 871. The number of nitrogens with one attached hydrogen (secondary N) is 2. The monoisotopic (exact) mass is 373 g/mol. The maximum absolute atomic E-state index is 12.5. The van der Waals surface area contributed by atoms with E-state index in [1.165, 1.54) is 13.2 Å². The molecule has 1 atom stereocenters. The van der Waals surface area contributed by atoms with Crippen LogP contribution in [0.25, 0.3) is 0 Å². The molecular weight excluding hydrogens is 358 g/mol. The number of hydrogen-bond acceptors (Lipinski definition) is 5. The fourth-order valence-corrected chi connectivity index (χ4v) is 2.81. The minimum absolute atomic E-state index is 0.0636. The zero-order valence-electron chi connectivity index (χ0n) is 13.9. The number of anilines is 1. The highest BCUT2D eigenvalue weighted by Crippen LogP contribution is 2.26. The molecule has 1 unspecified atom stereocenters. The summed E-state index contributed by atoms with van der Waals surface area (Å²) in [5.74, 6) is -0.728. The van der Waals surface area contributed by atoms with E-state index in [0.717, 1.165) is 4.90 Å². The van der Waals surface area contributed by atoms with Crippen molar-refractivity contribution in [1.82, 2.24) is 10.9 Å². The van der Waals surface area contributed by atoms with E-state index in [1.807, 2.05) is 0 Å². The van der Waals surface area contributed by atoms with E-state index in [0.29, 0.717) is 22.0 Å². The third-order valence-electron chi connectivity index (χ3n) is 3.90. The van der Waals surface area contributed by atoms with Crippen LogP contribution in [0.1, 0.15) is 16.8 Å². The largest absolute Gasteiger partial charge is 0.497 e. The van der Waals surface area contributed by atoms with Crippen LogP contribution in [0.2, 0.25) is 5.02 Å². The second-order valence-electron chi connectivity index (χ2n) is 5.63. The Labute approximate surface area is 154 Å². The van der Waals surface area contributed by atoms with Gasteiger partial charge in [-0.05, 0) is 30.3 Å². The molecule has 26 heavy (non-hydrogen) atoms. The summed E-state index contributed by atoms with van der Waals surface area (Å²) in [5, 5.41) is 0.425. The van der Waals surface area contributed by atoms with Gasteiger partial charge in [0.15, 0.2) is 0 Å². The van der Waals surface area contributed by atoms with E-state index >= 15 is 0 Å². The van der Waals surface area contributed by atoms with Crippen molar-refractivity contribution in [2.24, 2.45) is 0 Å². The number of benzene rings is 2. The van der Waals surface area contributed by atoms with Crippen molar-refractivity contribution in [3.63, 3.8) is 0 Å². The normalized spacial score (nSPS) is 16.7. The highest BCUT2D eigenvalue weighted by atomic mass is 35.5. The van der Waals surface area contributed by atoms with Gasteiger partial charge in [-0.15, -0.1) is 0 Å². The van der Waals surface area contributed by atoms with Gasteiger partial charge in [-0.1, -0.05) is 23.7 Å². The van der Waals surface area contributed by atoms with Crippen molar-refractivity contribution in [3.8, 4) is 5.75 Å². The van der Waals surface area contributed by atoms with Crippen molar-refractivity contribution in [1.29, 1.82) is 0 Å². The van der Waals surface area contributed by atoms with Crippen LogP contribution >= 0.6 is 11.6 Å². The van der Waals surface area contributed by atoms with E-state index in [2.05, 4.69) is 10.9 Å². The van der Waals surface area contributed by atoms with Crippen LogP contribution in [0.4, 0.5) is 5.69 Å². The van der Waals surface area contributed by atoms with E-state index in [-0.39, 0.29) is 12.3 Å². The summed E-state index contributed by atoms with van der Waals surface area (Å²) < 4.78 is 5.12. The molecule has 8 heteroatoms. The van der Waals surface area contributed by atoms with Crippen molar-refractivity contribution in [2.75, 3.05) is 12.0 Å². The smallest absolute Gasteiger partial charge is 0.265 e. The number of carbonyl (C=O) groups excluding carboxylic acids is 3. The van der Waals surface area contributed by atoms with Gasteiger partial charge in [-0.2, -0.15) is 0 Å². The average Bonchev–Trinajstić information content (AvgIpc) is 2.93. The molecule has 1 aliphatic heterocycles. The van der Waals surface area contributed by atoms with Crippen LogP contribution in [-0.2, 0) is 9.59 Å². The molecule has 2 N–H and O–H groups in total. The number of hydrogen-bond donors (Lipinski definition) is 2. The Morgan fingerprint density at radius 1 is 1.19 bits per heavy atom. The van der Waals surface area contributed by atoms with Gasteiger partial charge < -0.3 is 4.74 Å². The molecule has 0 bridgehead atoms. The third kappa shape index (κ3) is 3.68. The van der Waals surface area contributed by atoms with E-state index in [1.54, 1.807) is 42.5 Å². The number of halogens is 1. The van der Waals surface area contributed by atoms with Crippen LogP contribution in [0, 0.1) is 0 Å². The van der Waals surface area contributed by atoms with E-state index < -0.39 is 17.9 Å². The summed E-state index contributed by atoms with van der Waals surface area (Å²) in [6.07, 6.45) is -0.0636. The van der Waals surface area contributed by atoms with E-state index in [4.69, 9.17) is 16.3 Å². The Hall–Kier alpha value is -2.90. The maximum atomic E-state index is 12.5. The Balaban J connectivity index is 1.68. The molecule has 134 valence electrons. The maximum Gasteiger partial charge on any atom is 0.265 e. The van der Waals surface area contributed by atoms with Crippen LogP contribution in [0.15, 0.2) is 48.5 Å². The molecule has 1 fully saturated rings. The zero-order chi connectivity index (χ0) is 18.7. The Morgan fingerprint density at radius 3 is 2.69 bits per heavy atom. The first-order valence-electron chi connectivity index (χ1n) is 7.82. The number of imide groups is 1. The molecule has 1 aliphatic rings. The van der Waals surface area contributed by atoms with Gasteiger partial charge in [0.1, 0.15) is 11.8 Å². The minimum Gasteiger partial charge on any atom is -0.497 e. The van der Waals surface area contributed by atoms with Crippen molar-refractivity contribution < 1.29 is 19.1 Å². The highest BCUT2D eigenvalue weighted by Gasteiger charge is 2.39. The van der Waals surface area contributed by atoms with Gasteiger partial charge in [0.25, 0.3) is 11.8 Å². The molecule has 0 aromatic heterocycles. The fourth-order valence-electron chi connectivity index (χ4n) is 2.62. The third-order valence-corrected chi connectivity index (χ3v) is 4.14. The van der Waals surface area contributed by atoms with Crippen molar-refractivity contribution in [2.45, 2.75) is 12.5 Å².